The first-order chi connectivity index (χ1) is 15.0. The van der Waals surface area contributed by atoms with Crippen molar-refractivity contribution in [3.63, 3.8) is 0 Å². The molecule has 1 atom stereocenters. The highest BCUT2D eigenvalue weighted by atomic mass is 19.4. The van der Waals surface area contributed by atoms with Gasteiger partial charge in [0.2, 0.25) is 5.95 Å². The van der Waals surface area contributed by atoms with Gasteiger partial charge in [0, 0.05) is 51.2 Å². The molecule has 32 heavy (non-hydrogen) atoms. The van der Waals surface area contributed by atoms with Gasteiger partial charge in [0.05, 0.1) is 5.56 Å². The number of aromatic amines is 1. The van der Waals surface area contributed by atoms with Gasteiger partial charge < -0.3 is 25.3 Å². The standard InChI is InChI=1S/C19H21F3N6O4/c1-11(6-12-7-14(19(20,21)22)16(30)24-8-12)32-18(31)28-4-2-27(3-5-28)17-25-9-13(10-26-17)15(23)29/h7-11H,2-6H2,1H3,(H2,23,29)(H,24,30)/t11-/m0/s1. The van der Waals surface area contributed by atoms with Crippen LogP contribution in [0.15, 0.2) is 29.5 Å². The number of amides is 2. The number of carbonyl (C=O) groups is 2. The minimum atomic E-state index is -4.77. The summed E-state index contributed by atoms with van der Waals surface area (Å²) in [7, 11) is 0. The Morgan fingerprint density at radius 2 is 1.84 bits per heavy atom. The number of anilines is 1. The molecule has 3 rings (SSSR count). The third kappa shape index (κ3) is 5.53. The first-order valence-corrected chi connectivity index (χ1v) is 9.65. The second-order valence-corrected chi connectivity index (χ2v) is 7.26. The van der Waals surface area contributed by atoms with E-state index in [0.29, 0.717) is 32.1 Å². The molecule has 3 heterocycles. The average molecular weight is 454 g/mol. The highest BCUT2D eigenvalue weighted by Gasteiger charge is 2.34. The first-order valence-electron chi connectivity index (χ1n) is 9.65. The Labute approximate surface area is 180 Å². The lowest BCUT2D eigenvalue weighted by molar-refractivity contribution is -0.138. The first kappa shape index (κ1) is 23.0. The van der Waals surface area contributed by atoms with Crippen LogP contribution >= 0.6 is 0 Å². The zero-order valence-corrected chi connectivity index (χ0v) is 17.1. The molecule has 0 spiro atoms. The summed E-state index contributed by atoms with van der Waals surface area (Å²) in [5.41, 5.74) is 3.02. The van der Waals surface area contributed by atoms with Crippen molar-refractivity contribution in [2.45, 2.75) is 25.6 Å². The van der Waals surface area contributed by atoms with E-state index in [2.05, 4.69) is 15.0 Å². The second-order valence-electron chi connectivity index (χ2n) is 7.26. The topological polar surface area (TPSA) is 135 Å². The molecule has 0 aliphatic carbocycles. The van der Waals surface area contributed by atoms with Gasteiger partial charge in [0.1, 0.15) is 11.7 Å². The van der Waals surface area contributed by atoms with Crippen molar-refractivity contribution in [3.05, 3.63) is 51.7 Å². The zero-order chi connectivity index (χ0) is 23.5. The number of nitrogens with one attached hydrogen (secondary N) is 1. The maximum atomic E-state index is 12.9. The Morgan fingerprint density at radius 3 is 2.41 bits per heavy atom. The van der Waals surface area contributed by atoms with Crippen molar-refractivity contribution in [1.29, 1.82) is 0 Å². The molecule has 2 aromatic heterocycles. The Balaban J connectivity index is 1.52. The molecule has 0 unspecified atom stereocenters. The summed E-state index contributed by atoms with van der Waals surface area (Å²) in [4.78, 5) is 48.4. The van der Waals surface area contributed by atoms with Crippen LogP contribution in [-0.2, 0) is 17.3 Å². The predicted octanol–water partition coefficient (Wildman–Crippen LogP) is 1.17. The Morgan fingerprint density at radius 1 is 1.22 bits per heavy atom. The lowest BCUT2D eigenvalue weighted by Gasteiger charge is -2.34. The smallest absolute Gasteiger partial charge is 0.421 e. The summed E-state index contributed by atoms with van der Waals surface area (Å²) in [6, 6.07) is 0.755. The second kappa shape index (κ2) is 9.24. The summed E-state index contributed by atoms with van der Waals surface area (Å²) in [5.74, 6) is -0.232. The largest absolute Gasteiger partial charge is 0.446 e. The molecule has 172 valence electrons. The summed E-state index contributed by atoms with van der Waals surface area (Å²) in [6.45, 7) is 3.05. The number of alkyl halides is 3. The molecular formula is C19H21F3N6O4. The number of aromatic nitrogens is 3. The molecule has 10 nitrogen and oxygen atoms in total. The van der Waals surface area contributed by atoms with E-state index >= 15 is 0 Å². The van der Waals surface area contributed by atoms with Gasteiger partial charge >= 0.3 is 12.3 Å². The van der Waals surface area contributed by atoms with Crippen LogP contribution in [0.3, 0.4) is 0 Å². The molecule has 3 N–H and O–H groups in total. The van der Waals surface area contributed by atoms with Gasteiger partial charge in [0.15, 0.2) is 0 Å². The van der Waals surface area contributed by atoms with Crippen LogP contribution in [0.1, 0.15) is 28.4 Å². The van der Waals surface area contributed by atoms with Gasteiger partial charge in [-0.15, -0.1) is 0 Å². The van der Waals surface area contributed by atoms with Gasteiger partial charge in [-0.1, -0.05) is 0 Å². The fraction of sp³-hybridized carbons (Fsp3) is 0.421. The van der Waals surface area contributed by atoms with E-state index in [1.807, 2.05) is 4.90 Å². The van der Waals surface area contributed by atoms with E-state index in [9.17, 15) is 27.6 Å². The third-order valence-electron chi connectivity index (χ3n) is 4.84. The lowest BCUT2D eigenvalue weighted by Crippen LogP contribution is -2.50. The van der Waals surface area contributed by atoms with E-state index in [1.54, 1.807) is 6.92 Å². The molecule has 1 aliphatic rings. The number of halogens is 3. The van der Waals surface area contributed by atoms with Crippen molar-refractivity contribution in [3.8, 4) is 0 Å². The number of hydrogen-bond acceptors (Lipinski definition) is 7. The van der Waals surface area contributed by atoms with E-state index in [-0.39, 0.29) is 17.5 Å². The average Bonchev–Trinajstić information content (AvgIpc) is 2.74. The SMILES string of the molecule is C[C@@H](Cc1c[nH]c(=O)c(C(F)(F)F)c1)OC(=O)N1CCN(c2ncc(C(N)=O)cn2)CC1. The van der Waals surface area contributed by atoms with Crippen LogP contribution < -0.4 is 16.2 Å². The molecule has 0 bridgehead atoms. The number of nitrogens with two attached hydrogens (primary N) is 1. The minimum absolute atomic E-state index is 0.00557. The number of ether oxygens (including phenoxy) is 1. The predicted molar refractivity (Wildman–Crippen MR) is 106 cm³/mol. The van der Waals surface area contributed by atoms with Crippen LogP contribution in [0.4, 0.5) is 23.9 Å². The fourth-order valence-electron chi connectivity index (χ4n) is 3.18. The molecule has 0 aromatic carbocycles. The highest BCUT2D eigenvalue weighted by molar-refractivity contribution is 5.92. The zero-order valence-electron chi connectivity index (χ0n) is 17.1. The van der Waals surface area contributed by atoms with Gasteiger partial charge in [-0.25, -0.2) is 14.8 Å². The summed E-state index contributed by atoms with van der Waals surface area (Å²) >= 11 is 0. The third-order valence-corrected chi connectivity index (χ3v) is 4.84. The lowest BCUT2D eigenvalue weighted by atomic mass is 10.1. The van der Waals surface area contributed by atoms with E-state index in [0.717, 1.165) is 6.07 Å². The van der Waals surface area contributed by atoms with Crippen LogP contribution in [-0.4, -0.2) is 64.1 Å². The Bertz CT molecular complexity index is 1030. The fourth-order valence-corrected chi connectivity index (χ4v) is 3.18. The summed E-state index contributed by atoms with van der Waals surface area (Å²) < 4.78 is 44.0. The number of rotatable bonds is 5. The summed E-state index contributed by atoms with van der Waals surface area (Å²) in [5, 5.41) is 0. The number of pyridine rings is 1. The van der Waals surface area contributed by atoms with Crippen molar-refractivity contribution in [1.82, 2.24) is 19.9 Å². The molecule has 2 aromatic rings. The number of primary amides is 1. The Hall–Kier alpha value is -3.64. The molecule has 2 amide bonds. The molecule has 0 radical (unpaired) electrons. The highest BCUT2D eigenvalue weighted by Crippen LogP contribution is 2.27. The Kier molecular flexibility index (Phi) is 6.65. The van der Waals surface area contributed by atoms with Crippen molar-refractivity contribution < 1.29 is 27.5 Å². The van der Waals surface area contributed by atoms with Crippen LogP contribution in [0.2, 0.25) is 0 Å². The monoisotopic (exact) mass is 454 g/mol. The van der Waals surface area contributed by atoms with Crippen molar-refractivity contribution >= 4 is 17.9 Å². The van der Waals surface area contributed by atoms with Crippen molar-refractivity contribution in [2.24, 2.45) is 5.73 Å². The van der Waals surface area contributed by atoms with Crippen molar-refractivity contribution in [2.75, 3.05) is 31.1 Å². The number of piperazine rings is 1. The number of nitrogens with zero attached hydrogens (tertiary/aromatic N) is 4. The summed E-state index contributed by atoms with van der Waals surface area (Å²) in [6.07, 6.45) is -2.25. The van der Waals surface area contributed by atoms with Crippen LogP contribution in [0.5, 0.6) is 0 Å². The van der Waals surface area contributed by atoms with Gasteiger partial charge in [-0.05, 0) is 18.6 Å². The number of carbonyl (C=O) groups excluding carboxylic acids is 2. The van der Waals surface area contributed by atoms with Gasteiger partial charge in [-0.2, -0.15) is 13.2 Å². The molecule has 1 aliphatic heterocycles. The van der Waals surface area contributed by atoms with Gasteiger partial charge in [0.25, 0.3) is 11.5 Å². The minimum Gasteiger partial charge on any atom is -0.446 e. The van der Waals surface area contributed by atoms with Crippen LogP contribution in [0.25, 0.3) is 0 Å². The molecular weight excluding hydrogens is 433 g/mol. The molecule has 13 heteroatoms. The number of H-pyrrole nitrogens is 1. The van der Waals surface area contributed by atoms with E-state index in [4.69, 9.17) is 10.5 Å². The van der Waals surface area contributed by atoms with E-state index in [1.165, 1.54) is 23.5 Å². The number of hydrogen-bond donors (Lipinski definition) is 2. The molecule has 1 fully saturated rings. The molecule has 0 saturated carbocycles. The normalized spacial score (nSPS) is 15.4. The maximum Gasteiger partial charge on any atom is 0.421 e. The quantitative estimate of drug-likeness (QED) is 0.693. The maximum absolute atomic E-state index is 12.9. The van der Waals surface area contributed by atoms with Gasteiger partial charge in [-0.3, -0.25) is 9.59 Å². The van der Waals surface area contributed by atoms with Crippen LogP contribution in [0, 0.1) is 0 Å². The molecule has 1 saturated heterocycles. The van der Waals surface area contributed by atoms with E-state index < -0.39 is 35.4 Å².